The number of rotatable bonds is 8. The Labute approximate surface area is 271 Å². The highest BCUT2D eigenvalue weighted by atomic mass is 32.1. The van der Waals surface area contributed by atoms with Crippen LogP contribution < -0.4 is 29.1 Å². The molecule has 4 fully saturated rings. The van der Waals surface area contributed by atoms with Gasteiger partial charge >= 0.3 is 11.9 Å². The Balaban J connectivity index is 1.22. The van der Waals surface area contributed by atoms with Gasteiger partial charge in [0.25, 0.3) is 5.56 Å². The zero-order valence-corrected chi connectivity index (χ0v) is 27.4. The van der Waals surface area contributed by atoms with E-state index in [2.05, 4.69) is 4.99 Å². The van der Waals surface area contributed by atoms with Crippen molar-refractivity contribution in [3.63, 3.8) is 0 Å². The van der Waals surface area contributed by atoms with Crippen molar-refractivity contribution in [2.75, 3.05) is 20.8 Å². The van der Waals surface area contributed by atoms with Crippen LogP contribution in [0, 0.1) is 23.2 Å². The molecule has 0 spiro atoms. The van der Waals surface area contributed by atoms with Crippen LogP contribution in [0.4, 0.5) is 0 Å². The summed E-state index contributed by atoms with van der Waals surface area (Å²) in [6, 6.07) is 11.9. The van der Waals surface area contributed by atoms with Gasteiger partial charge < -0.3 is 18.9 Å². The Morgan fingerprint density at radius 2 is 1.65 bits per heavy atom. The first-order valence-corrected chi connectivity index (χ1v) is 16.8. The SMILES string of the molecule is CCOC(=O)C1=C(C)N=c2sc(=Cc3ccc(OC(=O)C45CC6CC(CC(C6)C4)C5)c(OC)c3)c(=O)n2[C@@H]1c1ccc(OC)cc1. The molecule has 4 bridgehead atoms. The third kappa shape index (κ3) is 5.26. The Kier molecular flexibility index (Phi) is 7.87. The molecule has 9 nitrogen and oxygen atoms in total. The lowest BCUT2D eigenvalue weighted by atomic mass is 9.49. The minimum Gasteiger partial charge on any atom is -0.497 e. The third-order valence-corrected chi connectivity index (χ3v) is 11.1. The maximum atomic E-state index is 14.0. The second kappa shape index (κ2) is 11.9. The highest BCUT2D eigenvalue weighted by molar-refractivity contribution is 7.07. The first kappa shape index (κ1) is 30.5. The number of esters is 2. The summed E-state index contributed by atoms with van der Waals surface area (Å²) in [5.74, 6) is 2.73. The largest absolute Gasteiger partial charge is 0.497 e. The Hall–Kier alpha value is -4.18. The van der Waals surface area contributed by atoms with E-state index in [-0.39, 0.29) is 23.6 Å². The molecule has 2 aromatic carbocycles. The molecule has 1 atom stereocenters. The van der Waals surface area contributed by atoms with Crippen molar-refractivity contribution in [1.29, 1.82) is 0 Å². The number of carbonyl (C=O) groups is 2. The summed E-state index contributed by atoms with van der Waals surface area (Å²) in [5.41, 5.74) is 1.59. The molecule has 0 amide bonds. The minimum atomic E-state index is -0.718. The summed E-state index contributed by atoms with van der Waals surface area (Å²) in [6.45, 7) is 3.70. The van der Waals surface area contributed by atoms with Crippen LogP contribution in [0.5, 0.6) is 17.2 Å². The van der Waals surface area contributed by atoms with Crippen molar-refractivity contribution in [3.05, 3.63) is 84.5 Å². The summed E-state index contributed by atoms with van der Waals surface area (Å²) in [5, 5.41) is 0. The van der Waals surface area contributed by atoms with Crippen LogP contribution in [0.2, 0.25) is 0 Å². The quantitative estimate of drug-likeness (QED) is 0.253. The van der Waals surface area contributed by atoms with E-state index in [1.807, 2.05) is 18.2 Å². The molecule has 1 aliphatic heterocycles. The fraction of sp³-hybridized carbons (Fsp3) is 0.444. The lowest BCUT2D eigenvalue weighted by Crippen LogP contribution is -2.51. The predicted molar refractivity (Wildman–Crippen MR) is 173 cm³/mol. The Morgan fingerprint density at radius 1 is 0.978 bits per heavy atom. The van der Waals surface area contributed by atoms with Gasteiger partial charge in [-0.2, -0.15) is 0 Å². The van der Waals surface area contributed by atoms with E-state index in [0.29, 0.717) is 61.2 Å². The maximum absolute atomic E-state index is 14.0. The van der Waals surface area contributed by atoms with Crippen molar-refractivity contribution in [2.24, 2.45) is 28.2 Å². The van der Waals surface area contributed by atoms with Gasteiger partial charge in [-0.05, 0) is 112 Å². The van der Waals surface area contributed by atoms with Crippen LogP contribution in [-0.2, 0) is 14.3 Å². The first-order valence-electron chi connectivity index (χ1n) is 16.0. The van der Waals surface area contributed by atoms with Crippen LogP contribution in [0.1, 0.15) is 69.5 Å². The standard InChI is InChI=1S/C36H38N2O7S/c1-5-44-33(40)30-20(2)37-35-38(31(30)25-7-9-26(42-3)10-8-25)32(39)29(46-35)16-21-6-11-27(28(15-21)43-4)45-34(41)36-17-22-12-23(18-36)14-24(13-22)19-36/h6-11,15-16,22-24,31H,5,12-14,17-19H2,1-4H3/t22?,23?,24?,31-,36?/m1/s1. The van der Waals surface area contributed by atoms with Crippen molar-refractivity contribution in [3.8, 4) is 17.2 Å². The van der Waals surface area contributed by atoms with Crippen LogP contribution in [0.3, 0.4) is 0 Å². The van der Waals surface area contributed by atoms with Gasteiger partial charge in [0.2, 0.25) is 0 Å². The predicted octanol–water partition coefficient (Wildman–Crippen LogP) is 4.94. The van der Waals surface area contributed by atoms with E-state index in [1.54, 1.807) is 63.0 Å². The Morgan fingerprint density at radius 3 is 2.26 bits per heavy atom. The van der Waals surface area contributed by atoms with Gasteiger partial charge in [0.1, 0.15) is 5.75 Å². The first-order chi connectivity index (χ1) is 22.2. The summed E-state index contributed by atoms with van der Waals surface area (Å²) in [6.07, 6.45) is 8.29. The molecule has 10 heteroatoms. The highest BCUT2D eigenvalue weighted by Crippen LogP contribution is 2.60. The number of fused-ring (bicyclic) bond motifs is 1. The molecule has 46 heavy (non-hydrogen) atoms. The van der Waals surface area contributed by atoms with Gasteiger partial charge in [0, 0.05) is 0 Å². The Bertz CT molecular complexity index is 1880. The average Bonchev–Trinajstić information content (AvgIpc) is 3.34. The number of carbonyl (C=O) groups excluding carboxylic acids is 2. The van der Waals surface area contributed by atoms with E-state index in [4.69, 9.17) is 18.9 Å². The fourth-order valence-electron chi connectivity index (χ4n) is 8.47. The van der Waals surface area contributed by atoms with Crippen LogP contribution >= 0.6 is 11.3 Å². The monoisotopic (exact) mass is 642 g/mol. The summed E-state index contributed by atoms with van der Waals surface area (Å²) >= 11 is 1.25. The molecule has 4 saturated carbocycles. The van der Waals surface area contributed by atoms with E-state index in [1.165, 1.54) is 30.6 Å². The van der Waals surface area contributed by atoms with Gasteiger partial charge in [-0.3, -0.25) is 14.2 Å². The van der Waals surface area contributed by atoms with Gasteiger partial charge in [-0.1, -0.05) is 29.5 Å². The van der Waals surface area contributed by atoms with E-state index < -0.39 is 12.0 Å². The number of allylic oxidation sites excluding steroid dienone is 1. The second-order valence-corrected chi connectivity index (χ2v) is 14.1. The van der Waals surface area contributed by atoms with Crippen molar-refractivity contribution in [2.45, 2.75) is 58.4 Å². The molecule has 0 unspecified atom stereocenters. The molecule has 4 aliphatic carbocycles. The van der Waals surface area contributed by atoms with Crippen molar-refractivity contribution in [1.82, 2.24) is 4.57 Å². The normalized spacial score (nSPS) is 26.4. The van der Waals surface area contributed by atoms with E-state index in [0.717, 1.165) is 24.8 Å². The topological polar surface area (TPSA) is 105 Å². The van der Waals surface area contributed by atoms with Crippen molar-refractivity contribution < 1.29 is 28.5 Å². The lowest BCUT2D eigenvalue weighted by molar-refractivity contribution is -0.161. The molecular weight excluding hydrogens is 604 g/mol. The smallest absolute Gasteiger partial charge is 0.338 e. The molecule has 8 rings (SSSR count). The molecule has 240 valence electrons. The van der Waals surface area contributed by atoms with Crippen LogP contribution in [0.15, 0.2) is 63.5 Å². The molecule has 2 heterocycles. The number of hydrogen-bond donors (Lipinski definition) is 0. The third-order valence-electron chi connectivity index (χ3n) is 10.1. The zero-order valence-electron chi connectivity index (χ0n) is 26.5. The van der Waals surface area contributed by atoms with Crippen LogP contribution in [-0.4, -0.2) is 37.3 Å². The number of nitrogens with zero attached hydrogens (tertiary/aromatic N) is 2. The molecule has 5 aliphatic rings. The summed E-state index contributed by atoms with van der Waals surface area (Å²) in [4.78, 5) is 45.9. The number of benzene rings is 2. The average molecular weight is 643 g/mol. The number of aromatic nitrogens is 1. The molecule has 0 saturated heterocycles. The molecule has 0 N–H and O–H groups in total. The van der Waals surface area contributed by atoms with Crippen LogP contribution in [0.25, 0.3) is 6.08 Å². The van der Waals surface area contributed by atoms with Gasteiger partial charge in [-0.15, -0.1) is 0 Å². The molecule has 1 aromatic heterocycles. The molecule has 0 radical (unpaired) electrons. The molecular formula is C36H38N2O7S. The van der Waals surface area contributed by atoms with Gasteiger partial charge in [0.15, 0.2) is 16.3 Å². The fourth-order valence-corrected chi connectivity index (χ4v) is 9.52. The van der Waals surface area contributed by atoms with E-state index in [9.17, 15) is 14.4 Å². The van der Waals surface area contributed by atoms with E-state index >= 15 is 0 Å². The maximum Gasteiger partial charge on any atom is 0.338 e. The second-order valence-electron chi connectivity index (χ2n) is 13.1. The highest BCUT2D eigenvalue weighted by Gasteiger charge is 2.55. The zero-order chi connectivity index (χ0) is 32.2. The number of ether oxygens (including phenoxy) is 4. The summed E-state index contributed by atoms with van der Waals surface area (Å²) < 4.78 is 24.4. The summed E-state index contributed by atoms with van der Waals surface area (Å²) in [7, 11) is 3.13. The van der Waals surface area contributed by atoms with Crippen molar-refractivity contribution >= 4 is 29.4 Å². The van der Waals surface area contributed by atoms with Gasteiger partial charge in [-0.25, -0.2) is 9.79 Å². The van der Waals surface area contributed by atoms with Gasteiger partial charge in [0.05, 0.1) is 48.1 Å². The number of thiazole rings is 1. The number of methoxy groups -OCH3 is 2. The molecule has 3 aromatic rings. The minimum absolute atomic E-state index is 0.141. The number of hydrogen-bond acceptors (Lipinski definition) is 9. The lowest BCUT2D eigenvalue weighted by Gasteiger charge is -2.55.